The smallest absolute Gasteiger partial charge is 0.327 e. The highest BCUT2D eigenvalue weighted by Crippen LogP contribution is 2.16. The lowest BCUT2D eigenvalue weighted by Gasteiger charge is -2.32. The molecule has 1 atom stereocenters. The van der Waals surface area contributed by atoms with Crippen LogP contribution in [0.15, 0.2) is 0 Å². The number of hydrogen-bond donors (Lipinski definition) is 2. The maximum Gasteiger partial charge on any atom is 0.327 e. The van der Waals surface area contributed by atoms with Gasteiger partial charge in [0.15, 0.2) is 0 Å². The molecule has 6 nitrogen and oxygen atoms in total. The van der Waals surface area contributed by atoms with E-state index in [0.717, 1.165) is 25.9 Å². The molecule has 1 unspecified atom stereocenters. The second kappa shape index (κ2) is 7.75. The molecule has 1 heterocycles. The number of aliphatic carboxylic acids is 1. The largest absolute Gasteiger partial charge is 0.480 e. The predicted molar refractivity (Wildman–Crippen MR) is 76.3 cm³/mol. The van der Waals surface area contributed by atoms with E-state index in [0.29, 0.717) is 12.5 Å². The van der Waals surface area contributed by atoms with Crippen LogP contribution in [0.25, 0.3) is 0 Å². The Morgan fingerprint density at radius 3 is 2.60 bits per heavy atom. The van der Waals surface area contributed by atoms with Crippen LogP contribution in [0.4, 0.5) is 4.79 Å². The van der Waals surface area contributed by atoms with Gasteiger partial charge in [0.2, 0.25) is 0 Å². The van der Waals surface area contributed by atoms with E-state index in [4.69, 9.17) is 11.5 Å². The zero-order valence-corrected chi connectivity index (χ0v) is 12.1. The quantitative estimate of drug-likeness (QED) is 0.718. The van der Waals surface area contributed by atoms with Crippen molar-refractivity contribution in [3.05, 3.63) is 0 Å². The van der Waals surface area contributed by atoms with Crippen LogP contribution in [0.2, 0.25) is 0 Å². The maximum atomic E-state index is 11.9. The van der Waals surface area contributed by atoms with E-state index in [1.165, 1.54) is 0 Å². The van der Waals surface area contributed by atoms with Gasteiger partial charge in [0.05, 0.1) is 0 Å². The van der Waals surface area contributed by atoms with Crippen LogP contribution in [-0.2, 0) is 4.79 Å². The fraction of sp³-hybridized carbons (Fsp3) is 0.714. The van der Waals surface area contributed by atoms with Crippen molar-refractivity contribution >= 4 is 12.0 Å². The highest BCUT2D eigenvalue weighted by molar-refractivity contribution is 5.82. The number of carboxylic acid groups (broad SMARTS) is 1. The molecule has 0 aromatic rings. The normalized spacial score (nSPS) is 18.1. The monoisotopic (exact) mass is 281 g/mol. The molecule has 1 aliphatic heterocycles. The molecule has 2 amide bonds. The summed E-state index contributed by atoms with van der Waals surface area (Å²) in [4.78, 5) is 26.7. The van der Waals surface area contributed by atoms with Crippen molar-refractivity contribution in [3.8, 4) is 12.3 Å². The molecule has 1 saturated heterocycles. The summed E-state index contributed by atoms with van der Waals surface area (Å²) in [5, 5.41) is 11.4. The minimum atomic E-state index is -1.11. The van der Waals surface area contributed by atoms with E-state index in [-0.39, 0.29) is 12.5 Å². The van der Waals surface area contributed by atoms with E-state index in [1.807, 2.05) is 0 Å². The summed E-state index contributed by atoms with van der Waals surface area (Å²) in [6, 6.07) is -1.40. The molecule has 0 spiro atoms. The zero-order valence-electron chi connectivity index (χ0n) is 12.1. The minimum Gasteiger partial charge on any atom is -0.480 e. The first kappa shape index (κ1) is 16.3. The van der Waals surface area contributed by atoms with Crippen molar-refractivity contribution in [3.63, 3.8) is 0 Å². The summed E-state index contributed by atoms with van der Waals surface area (Å²) < 4.78 is 0. The number of amides is 2. The van der Waals surface area contributed by atoms with Crippen LogP contribution in [0, 0.1) is 18.3 Å². The lowest BCUT2D eigenvalue weighted by atomic mass is 9.97. The van der Waals surface area contributed by atoms with Crippen molar-refractivity contribution < 1.29 is 14.7 Å². The highest BCUT2D eigenvalue weighted by Gasteiger charge is 2.23. The summed E-state index contributed by atoms with van der Waals surface area (Å²) in [6.07, 6.45) is 7.20. The molecule has 0 aromatic heterocycles. The fourth-order valence-electron chi connectivity index (χ4n) is 2.29. The second-order valence-corrected chi connectivity index (χ2v) is 5.38. The van der Waals surface area contributed by atoms with Gasteiger partial charge in [-0.15, -0.1) is 12.3 Å². The van der Waals surface area contributed by atoms with Crippen molar-refractivity contribution in [1.29, 1.82) is 0 Å². The van der Waals surface area contributed by atoms with Crippen molar-refractivity contribution in [2.24, 2.45) is 5.92 Å². The van der Waals surface area contributed by atoms with E-state index in [1.54, 1.807) is 11.9 Å². The topological polar surface area (TPSA) is 72.9 Å². The van der Waals surface area contributed by atoms with Gasteiger partial charge in [-0.1, -0.05) is 0 Å². The van der Waals surface area contributed by atoms with Crippen LogP contribution >= 0.6 is 0 Å². The molecule has 0 aliphatic carbocycles. The molecule has 2 N–H and O–H groups in total. The first-order valence-corrected chi connectivity index (χ1v) is 6.80. The number of hydrogen-bond acceptors (Lipinski definition) is 3. The van der Waals surface area contributed by atoms with Gasteiger partial charge in [-0.3, -0.25) is 0 Å². The molecule has 1 rings (SSSR count). The molecule has 1 fully saturated rings. The standard InChI is InChI=1S/C14H23N3O3/c1-4-5-12(13(18)19)15-14(20)17(3)10-11-6-8-16(2)9-7-11/h1,11-12H,5-10H2,2-3H3,(H,15,20)(H,18,19). The fourth-order valence-corrected chi connectivity index (χ4v) is 2.29. The Balaban J connectivity index is 2.42. The number of carbonyl (C=O) groups excluding carboxylic acids is 1. The SMILES string of the molecule is C#CCC(NC(=O)N(C)CC1CCN(C)CC1)C(=O)O. The Hall–Kier alpha value is -1.74. The van der Waals surface area contributed by atoms with Gasteiger partial charge in [0, 0.05) is 20.0 Å². The van der Waals surface area contributed by atoms with Crippen LogP contribution in [0.3, 0.4) is 0 Å². The molecule has 1 aliphatic rings. The number of nitrogens with zero attached hydrogens (tertiary/aromatic N) is 2. The number of likely N-dealkylation sites (tertiary alicyclic amines) is 1. The molecular formula is C14H23N3O3. The third-order valence-electron chi connectivity index (χ3n) is 3.63. The lowest BCUT2D eigenvalue weighted by molar-refractivity contribution is -0.139. The highest BCUT2D eigenvalue weighted by atomic mass is 16.4. The van der Waals surface area contributed by atoms with Gasteiger partial charge in [0.25, 0.3) is 0 Å². The van der Waals surface area contributed by atoms with Crippen LogP contribution in [0.1, 0.15) is 19.3 Å². The lowest BCUT2D eigenvalue weighted by Crippen LogP contribution is -2.48. The van der Waals surface area contributed by atoms with Crippen molar-refractivity contribution in [1.82, 2.24) is 15.1 Å². The molecule has 0 radical (unpaired) electrons. The van der Waals surface area contributed by atoms with Gasteiger partial charge in [-0.2, -0.15) is 0 Å². The van der Waals surface area contributed by atoms with Gasteiger partial charge in [0.1, 0.15) is 6.04 Å². The Kier molecular flexibility index (Phi) is 6.32. The summed E-state index contributed by atoms with van der Waals surface area (Å²) in [5.41, 5.74) is 0. The number of carboxylic acids is 1. The van der Waals surface area contributed by atoms with Crippen molar-refractivity contribution in [2.75, 3.05) is 33.7 Å². The number of nitrogens with one attached hydrogen (secondary N) is 1. The van der Waals surface area contributed by atoms with Crippen molar-refractivity contribution in [2.45, 2.75) is 25.3 Å². The third kappa shape index (κ3) is 5.10. The average Bonchev–Trinajstić information content (AvgIpc) is 2.40. The van der Waals surface area contributed by atoms with Gasteiger partial charge < -0.3 is 20.2 Å². The number of rotatable bonds is 5. The number of piperidine rings is 1. The van der Waals surface area contributed by atoms with E-state index in [2.05, 4.69) is 23.2 Å². The number of urea groups is 1. The summed E-state index contributed by atoms with van der Waals surface area (Å²) in [6.45, 7) is 2.71. The number of carbonyl (C=O) groups is 2. The van der Waals surface area contributed by atoms with Gasteiger partial charge in [-0.05, 0) is 38.9 Å². The zero-order chi connectivity index (χ0) is 15.1. The third-order valence-corrected chi connectivity index (χ3v) is 3.63. The summed E-state index contributed by atoms with van der Waals surface area (Å²) in [5.74, 6) is 1.62. The average molecular weight is 281 g/mol. The summed E-state index contributed by atoms with van der Waals surface area (Å²) >= 11 is 0. The van der Waals surface area contributed by atoms with Gasteiger partial charge >= 0.3 is 12.0 Å². The Morgan fingerprint density at radius 2 is 2.10 bits per heavy atom. The molecule has 6 heteroatoms. The van der Waals surface area contributed by atoms with Crippen LogP contribution < -0.4 is 5.32 Å². The Bertz CT molecular complexity index is 384. The Labute approximate surface area is 120 Å². The predicted octanol–water partition coefficient (Wildman–Crippen LogP) is 0.446. The number of terminal acetylenes is 1. The first-order chi connectivity index (χ1) is 9.43. The Morgan fingerprint density at radius 1 is 1.50 bits per heavy atom. The maximum absolute atomic E-state index is 11.9. The van der Waals surface area contributed by atoms with E-state index in [9.17, 15) is 9.59 Å². The molecular weight excluding hydrogens is 258 g/mol. The molecule has 0 saturated carbocycles. The van der Waals surface area contributed by atoms with E-state index < -0.39 is 12.0 Å². The minimum absolute atomic E-state index is 0.0108. The van der Waals surface area contributed by atoms with Crippen LogP contribution in [0.5, 0.6) is 0 Å². The molecule has 0 aromatic carbocycles. The summed E-state index contributed by atoms with van der Waals surface area (Å²) in [7, 11) is 3.77. The van der Waals surface area contributed by atoms with Gasteiger partial charge in [-0.25, -0.2) is 9.59 Å². The molecule has 20 heavy (non-hydrogen) atoms. The first-order valence-electron chi connectivity index (χ1n) is 6.80. The van der Waals surface area contributed by atoms with Crippen LogP contribution in [-0.4, -0.2) is 66.7 Å². The van der Waals surface area contributed by atoms with E-state index >= 15 is 0 Å². The molecule has 112 valence electrons. The second-order valence-electron chi connectivity index (χ2n) is 5.38. The molecule has 0 bridgehead atoms.